The van der Waals surface area contributed by atoms with Gasteiger partial charge in [0, 0.05) is 5.69 Å². The topological polar surface area (TPSA) is 118 Å². The van der Waals surface area contributed by atoms with Crippen LogP contribution in [0.15, 0.2) is 35.6 Å². The number of ether oxygens (including phenoxy) is 1. The number of methoxy groups -OCH3 is 1. The number of carbonyl (C=O) groups is 2. The summed E-state index contributed by atoms with van der Waals surface area (Å²) in [6, 6.07) is 6.92. The van der Waals surface area contributed by atoms with Crippen LogP contribution in [0.1, 0.15) is 16.1 Å². The molecule has 8 nitrogen and oxygen atoms in total. The minimum absolute atomic E-state index is 0.106. The number of H-pyrrole nitrogens is 1. The molecule has 0 aliphatic heterocycles. The predicted molar refractivity (Wildman–Crippen MR) is 81.8 cm³/mol. The van der Waals surface area contributed by atoms with E-state index in [1.807, 2.05) is 6.92 Å². The third-order valence-corrected chi connectivity index (χ3v) is 4.35. The van der Waals surface area contributed by atoms with E-state index in [9.17, 15) is 18.0 Å². The second kappa shape index (κ2) is 6.61. The van der Waals surface area contributed by atoms with Crippen LogP contribution < -0.4 is 5.32 Å². The van der Waals surface area contributed by atoms with Crippen molar-refractivity contribution in [3.8, 4) is 0 Å². The van der Waals surface area contributed by atoms with Crippen molar-refractivity contribution in [1.29, 1.82) is 0 Å². The maximum Gasteiger partial charge on any atom is 0.356 e. The van der Waals surface area contributed by atoms with E-state index in [-0.39, 0.29) is 5.69 Å². The number of rotatable bonds is 5. The molecule has 0 bridgehead atoms. The lowest BCUT2D eigenvalue weighted by atomic mass is 10.2. The van der Waals surface area contributed by atoms with Crippen molar-refractivity contribution >= 4 is 27.4 Å². The Balaban J connectivity index is 2.08. The fourth-order valence-corrected chi connectivity index (χ4v) is 2.78. The molecule has 1 heterocycles. The van der Waals surface area contributed by atoms with Crippen LogP contribution in [0.2, 0.25) is 0 Å². The minimum atomic E-state index is -4.00. The summed E-state index contributed by atoms with van der Waals surface area (Å²) in [7, 11) is -2.84. The van der Waals surface area contributed by atoms with Gasteiger partial charge in [-0.15, -0.1) is 0 Å². The third-order valence-electron chi connectivity index (χ3n) is 2.91. The molecule has 23 heavy (non-hydrogen) atoms. The molecule has 0 unspecified atom stereocenters. The van der Waals surface area contributed by atoms with Gasteiger partial charge in [-0.3, -0.25) is 4.79 Å². The molecule has 0 atom stereocenters. The average Bonchev–Trinajstić information content (AvgIpc) is 2.99. The van der Waals surface area contributed by atoms with Gasteiger partial charge in [-0.1, -0.05) is 17.7 Å². The number of esters is 1. The Morgan fingerprint density at radius 3 is 2.52 bits per heavy atom. The highest BCUT2D eigenvalue weighted by Gasteiger charge is 2.24. The fourth-order valence-electron chi connectivity index (χ4n) is 1.75. The highest BCUT2D eigenvalue weighted by Crippen LogP contribution is 2.11. The predicted octanol–water partition coefficient (Wildman–Crippen LogP) is 0.917. The Labute approximate surface area is 132 Å². The van der Waals surface area contributed by atoms with Gasteiger partial charge in [-0.05, 0) is 19.1 Å². The first-order chi connectivity index (χ1) is 10.8. The summed E-state index contributed by atoms with van der Waals surface area (Å²) in [4.78, 5) is 29.1. The first-order valence-corrected chi connectivity index (χ1v) is 8.19. The van der Waals surface area contributed by atoms with E-state index in [1.54, 1.807) is 24.3 Å². The van der Waals surface area contributed by atoms with Gasteiger partial charge in [0.1, 0.15) is 11.4 Å². The van der Waals surface area contributed by atoms with Crippen molar-refractivity contribution in [2.75, 3.05) is 18.2 Å². The number of aryl methyl sites for hydroxylation is 1. The molecule has 0 saturated carbocycles. The third kappa shape index (κ3) is 4.16. The molecule has 9 heteroatoms. The zero-order valence-electron chi connectivity index (χ0n) is 12.5. The van der Waals surface area contributed by atoms with Crippen molar-refractivity contribution in [1.82, 2.24) is 9.97 Å². The molecule has 0 fully saturated rings. The van der Waals surface area contributed by atoms with E-state index < -0.39 is 32.6 Å². The van der Waals surface area contributed by atoms with Gasteiger partial charge in [-0.25, -0.2) is 18.2 Å². The molecular weight excluding hydrogens is 322 g/mol. The number of amides is 1. The number of carbonyl (C=O) groups excluding carboxylic acids is 2. The number of benzene rings is 1. The van der Waals surface area contributed by atoms with Crippen LogP contribution in [0.5, 0.6) is 0 Å². The summed E-state index contributed by atoms with van der Waals surface area (Å²) in [6.45, 7) is 1.89. The van der Waals surface area contributed by atoms with Crippen molar-refractivity contribution < 1.29 is 22.7 Å². The molecule has 1 aromatic carbocycles. The Morgan fingerprint density at radius 1 is 1.26 bits per heavy atom. The van der Waals surface area contributed by atoms with Crippen LogP contribution in [0.3, 0.4) is 0 Å². The molecule has 2 aromatic rings. The van der Waals surface area contributed by atoms with Gasteiger partial charge in [0.25, 0.3) is 0 Å². The van der Waals surface area contributed by atoms with Crippen LogP contribution in [-0.2, 0) is 19.4 Å². The van der Waals surface area contributed by atoms with Gasteiger partial charge < -0.3 is 15.0 Å². The Bertz CT molecular complexity index is 824. The van der Waals surface area contributed by atoms with E-state index in [2.05, 4.69) is 20.0 Å². The Morgan fingerprint density at radius 2 is 1.91 bits per heavy atom. The lowest BCUT2D eigenvalue weighted by molar-refractivity contribution is -0.113. The van der Waals surface area contributed by atoms with Crippen LogP contribution >= 0.6 is 0 Å². The molecule has 0 aliphatic carbocycles. The zero-order chi connectivity index (χ0) is 17.0. The van der Waals surface area contributed by atoms with Gasteiger partial charge >= 0.3 is 5.97 Å². The highest BCUT2D eigenvalue weighted by atomic mass is 32.2. The number of anilines is 1. The monoisotopic (exact) mass is 337 g/mol. The summed E-state index contributed by atoms with van der Waals surface area (Å²) >= 11 is 0. The Kier molecular flexibility index (Phi) is 4.80. The molecule has 2 N–H and O–H groups in total. The van der Waals surface area contributed by atoms with Crippen molar-refractivity contribution in [3.63, 3.8) is 0 Å². The molecule has 1 amide bonds. The number of aromatic amines is 1. The molecule has 0 aliphatic rings. The number of hydrogen-bond acceptors (Lipinski definition) is 6. The summed E-state index contributed by atoms with van der Waals surface area (Å²) in [5.41, 5.74) is 1.40. The largest absolute Gasteiger partial charge is 0.464 e. The molecule has 2 rings (SSSR count). The zero-order valence-corrected chi connectivity index (χ0v) is 13.3. The number of sulfone groups is 1. The summed E-state index contributed by atoms with van der Waals surface area (Å²) in [5.74, 6) is -2.25. The Hall–Kier alpha value is -2.68. The summed E-state index contributed by atoms with van der Waals surface area (Å²) in [6.07, 6.45) is 1.04. The molecule has 0 saturated heterocycles. The highest BCUT2D eigenvalue weighted by molar-refractivity contribution is 7.92. The van der Waals surface area contributed by atoms with Crippen molar-refractivity contribution in [2.45, 2.75) is 12.1 Å². The molecular formula is C14H15N3O5S. The quantitative estimate of drug-likeness (QED) is 0.783. The fraction of sp³-hybridized carbons (Fsp3) is 0.214. The second-order valence-corrected chi connectivity index (χ2v) is 6.67. The second-order valence-electron chi connectivity index (χ2n) is 4.77. The minimum Gasteiger partial charge on any atom is -0.464 e. The van der Waals surface area contributed by atoms with Gasteiger partial charge in [0.2, 0.25) is 20.9 Å². The molecule has 122 valence electrons. The lowest BCUT2D eigenvalue weighted by Crippen LogP contribution is -2.23. The maximum atomic E-state index is 12.1. The van der Waals surface area contributed by atoms with Gasteiger partial charge in [0.05, 0.1) is 13.3 Å². The molecule has 0 spiro atoms. The van der Waals surface area contributed by atoms with Gasteiger partial charge in [-0.2, -0.15) is 0 Å². The van der Waals surface area contributed by atoms with Crippen molar-refractivity contribution in [2.24, 2.45) is 0 Å². The van der Waals surface area contributed by atoms with E-state index in [0.29, 0.717) is 5.69 Å². The number of nitrogens with one attached hydrogen (secondary N) is 2. The van der Waals surface area contributed by atoms with Gasteiger partial charge in [0.15, 0.2) is 0 Å². The SMILES string of the molecule is COC(=O)c1cnc(S(=O)(=O)CC(=O)Nc2ccc(C)cc2)[nH]1. The van der Waals surface area contributed by atoms with Crippen LogP contribution in [0.25, 0.3) is 0 Å². The first kappa shape index (κ1) is 16.7. The number of imidazole rings is 1. The normalized spacial score (nSPS) is 11.0. The number of aromatic nitrogens is 2. The van der Waals surface area contributed by atoms with E-state index in [1.165, 1.54) is 0 Å². The standard InChI is InChI=1S/C14H15N3O5S/c1-9-3-5-10(6-4-9)16-12(18)8-23(20,21)14-15-7-11(17-14)13(19)22-2/h3-7H,8H2,1-2H3,(H,15,17)(H,16,18). The summed E-state index contributed by atoms with van der Waals surface area (Å²) < 4.78 is 28.7. The molecule has 1 aromatic heterocycles. The van der Waals surface area contributed by atoms with E-state index in [4.69, 9.17) is 0 Å². The van der Waals surface area contributed by atoms with Crippen LogP contribution in [0.4, 0.5) is 5.69 Å². The lowest BCUT2D eigenvalue weighted by Gasteiger charge is -2.05. The number of nitrogens with zero attached hydrogens (tertiary/aromatic N) is 1. The maximum absolute atomic E-state index is 12.1. The molecule has 0 radical (unpaired) electrons. The summed E-state index contributed by atoms with van der Waals surface area (Å²) in [5, 5.41) is 2.02. The van der Waals surface area contributed by atoms with Crippen LogP contribution in [0, 0.1) is 6.92 Å². The average molecular weight is 337 g/mol. The van der Waals surface area contributed by atoms with E-state index >= 15 is 0 Å². The number of hydrogen-bond donors (Lipinski definition) is 2. The van der Waals surface area contributed by atoms with Crippen LogP contribution in [-0.4, -0.2) is 43.1 Å². The smallest absolute Gasteiger partial charge is 0.356 e. The van der Waals surface area contributed by atoms with Crippen molar-refractivity contribution in [3.05, 3.63) is 41.7 Å². The van der Waals surface area contributed by atoms with E-state index in [0.717, 1.165) is 18.9 Å². The first-order valence-electron chi connectivity index (χ1n) is 6.54.